The van der Waals surface area contributed by atoms with Crippen molar-refractivity contribution in [2.45, 2.75) is 49.8 Å². The zero-order valence-corrected chi connectivity index (χ0v) is 15.8. The molecule has 0 radical (unpaired) electrons. The maximum absolute atomic E-state index is 13.0. The summed E-state index contributed by atoms with van der Waals surface area (Å²) >= 11 is 0. The molecular formula is C18H30N4O2S. The third-order valence-electron chi connectivity index (χ3n) is 5.12. The van der Waals surface area contributed by atoms with Crippen LogP contribution in [0.25, 0.3) is 0 Å². The number of sulfonamides is 1. The Hall–Kier alpha value is -1.18. The molecule has 2 aliphatic rings. The van der Waals surface area contributed by atoms with Crippen LogP contribution in [0.5, 0.6) is 0 Å². The molecule has 1 aromatic rings. The van der Waals surface area contributed by atoms with E-state index in [9.17, 15) is 8.42 Å². The second kappa shape index (κ2) is 8.96. The van der Waals surface area contributed by atoms with Crippen molar-refractivity contribution in [2.24, 2.45) is 0 Å². The number of anilines is 1. The Bertz CT molecular complexity index is 636. The third-order valence-corrected chi connectivity index (χ3v) is 7.05. The van der Waals surface area contributed by atoms with Gasteiger partial charge in [0.25, 0.3) is 0 Å². The van der Waals surface area contributed by atoms with Gasteiger partial charge >= 0.3 is 0 Å². The third kappa shape index (κ3) is 4.92. The van der Waals surface area contributed by atoms with Crippen LogP contribution in [-0.2, 0) is 10.0 Å². The minimum Gasteiger partial charge on any atom is -0.368 e. The molecule has 3 rings (SSSR count). The number of aromatic nitrogens is 1. The zero-order valence-electron chi connectivity index (χ0n) is 15.0. The molecule has 0 spiro atoms. The zero-order chi connectivity index (χ0) is 17.5. The van der Waals surface area contributed by atoms with Crippen LogP contribution in [0.1, 0.15) is 44.9 Å². The lowest BCUT2D eigenvalue weighted by molar-refractivity contribution is 0.296. The van der Waals surface area contributed by atoms with Crippen molar-refractivity contribution in [1.82, 2.24) is 14.2 Å². The lowest BCUT2D eigenvalue weighted by Crippen LogP contribution is -2.36. The van der Waals surface area contributed by atoms with Crippen LogP contribution >= 0.6 is 0 Å². The van der Waals surface area contributed by atoms with Gasteiger partial charge in [0.1, 0.15) is 10.7 Å². The molecule has 0 aliphatic carbocycles. The van der Waals surface area contributed by atoms with Crippen molar-refractivity contribution >= 4 is 15.8 Å². The molecule has 1 N–H and O–H groups in total. The fraction of sp³-hybridized carbons (Fsp3) is 0.722. The smallest absolute Gasteiger partial charge is 0.246 e. The Labute approximate surface area is 151 Å². The molecule has 6 nitrogen and oxygen atoms in total. The van der Waals surface area contributed by atoms with E-state index in [1.54, 1.807) is 22.6 Å². The molecular weight excluding hydrogens is 336 g/mol. The number of pyridine rings is 1. The standard InChI is InChI=1S/C18H30N4O2S/c23-25(24,22-14-6-3-7-15-22)17-9-8-10-19-18(17)20-11-16-21-12-4-1-2-5-13-21/h8-10H,1-7,11-16H2,(H,19,20). The summed E-state index contributed by atoms with van der Waals surface area (Å²) in [6.45, 7) is 5.17. The predicted molar refractivity (Wildman–Crippen MR) is 100 cm³/mol. The Morgan fingerprint density at radius 3 is 2.32 bits per heavy atom. The van der Waals surface area contributed by atoms with Crippen molar-refractivity contribution in [3.05, 3.63) is 18.3 Å². The van der Waals surface area contributed by atoms with Gasteiger partial charge in [-0.05, 0) is 50.9 Å². The first-order chi connectivity index (χ1) is 12.2. The quantitative estimate of drug-likeness (QED) is 0.838. The molecule has 3 heterocycles. The topological polar surface area (TPSA) is 65.5 Å². The molecule has 0 aromatic carbocycles. The van der Waals surface area contributed by atoms with Gasteiger partial charge in [-0.2, -0.15) is 4.31 Å². The summed E-state index contributed by atoms with van der Waals surface area (Å²) in [5, 5.41) is 3.27. The minimum atomic E-state index is -3.46. The Morgan fingerprint density at radius 1 is 0.960 bits per heavy atom. The molecule has 1 aromatic heterocycles. The highest BCUT2D eigenvalue weighted by atomic mass is 32.2. The summed E-state index contributed by atoms with van der Waals surface area (Å²) in [5.41, 5.74) is 0. The lowest BCUT2D eigenvalue weighted by atomic mass is 10.2. The highest BCUT2D eigenvalue weighted by Crippen LogP contribution is 2.25. The number of rotatable bonds is 6. The number of nitrogens with one attached hydrogen (secondary N) is 1. The summed E-state index contributed by atoms with van der Waals surface area (Å²) < 4.78 is 27.5. The van der Waals surface area contributed by atoms with Crippen molar-refractivity contribution in [3.8, 4) is 0 Å². The number of hydrogen-bond acceptors (Lipinski definition) is 5. The highest BCUT2D eigenvalue weighted by molar-refractivity contribution is 7.89. The van der Waals surface area contributed by atoms with Gasteiger partial charge in [-0.3, -0.25) is 0 Å². The van der Waals surface area contributed by atoms with Crippen LogP contribution < -0.4 is 5.32 Å². The maximum Gasteiger partial charge on any atom is 0.246 e. The van der Waals surface area contributed by atoms with Gasteiger partial charge in [-0.1, -0.05) is 19.3 Å². The summed E-state index contributed by atoms with van der Waals surface area (Å²) in [5.74, 6) is 0.489. The molecule has 25 heavy (non-hydrogen) atoms. The highest BCUT2D eigenvalue weighted by Gasteiger charge is 2.28. The molecule has 0 saturated carbocycles. The van der Waals surface area contributed by atoms with Crippen molar-refractivity contribution in [1.29, 1.82) is 0 Å². The fourth-order valence-corrected chi connectivity index (χ4v) is 5.30. The van der Waals surface area contributed by atoms with Crippen LogP contribution in [0.3, 0.4) is 0 Å². The predicted octanol–water partition coefficient (Wildman–Crippen LogP) is 2.54. The maximum atomic E-state index is 13.0. The van der Waals surface area contributed by atoms with E-state index in [0.29, 0.717) is 23.8 Å². The van der Waals surface area contributed by atoms with E-state index in [-0.39, 0.29) is 0 Å². The first-order valence-electron chi connectivity index (χ1n) is 9.59. The van der Waals surface area contributed by atoms with E-state index in [0.717, 1.165) is 45.4 Å². The Morgan fingerprint density at radius 2 is 1.60 bits per heavy atom. The molecule has 140 valence electrons. The van der Waals surface area contributed by atoms with Crippen LogP contribution in [0.15, 0.2) is 23.2 Å². The first kappa shape index (κ1) is 18.6. The van der Waals surface area contributed by atoms with E-state index in [4.69, 9.17) is 0 Å². The van der Waals surface area contributed by atoms with Gasteiger partial charge in [-0.15, -0.1) is 0 Å². The van der Waals surface area contributed by atoms with Gasteiger partial charge in [0.05, 0.1) is 0 Å². The van der Waals surface area contributed by atoms with Crippen LogP contribution in [0.4, 0.5) is 5.82 Å². The molecule has 0 atom stereocenters. The van der Waals surface area contributed by atoms with Gasteiger partial charge < -0.3 is 10.2 Å². The van der Waals surface area contributed by atoms with Gasteiger partial charge in [-0.25, -0.2) is 13.4 Å². The van der Waals surface area contributed by atoms with E-state index in [2.05, 4.69) is 15.2 Å². The Balaban J connectivity index is 1.64. The summed E-state index contributed by atoms with van der Waals surface area (Å²) in [6, 6.07) is 3.38. The van der Waals surface area contributed by atoms with E-state index in [1.807, 2.05) is 0 Å². The average molecular weight is 367 g/mol. The van der Waals surface area contributed by atoms with Crippen LogP contribution in [-0.4, -0.2) is 61.9 Å². The summed E-state index contributed by atoms with van der Waals surface area (Å²) in [4.78, 5) is 7.08. The minimum absolute atomic E-state index is 0.313. The van der Waals surface area contributed by atoms with Gasteiger partial charge in [0, 0.05) is 32.4 Å². The van der Waals surface area contributed by atoms with E-state index in [1.165, 1.54) is 25.7 Å². The molecule has 7 heteroatoms. The summed E-state index contributed by atoms with van der Waals surface area (Å²) in [6.07, 6.45) is 9.82. The molecule has 0 unspecified atom stereocenters. The van der Waals surface area contributed by atoms with Crippen molar-refractivity contribution in [3.63, 3.8) is 0 Å². The molecule has 2 aliphatic heterocycles. The number of likely N-dealkylation sites (tertiary alicyclic amines) is 1. The van der Waals surface area contributed by atoms with Gasteiger partial charge in [0.2, 0.25) is 10.0 Å². The summed E-state index contributed by atoms with van der Waals surface area (Å²) in [7, 11) is -3.46. The van der Waals surface area contributed by atoms with Crippen molar-refractivity contribution < 1.29 is 8.42 Å². The van der Waals surface area contributed by atoms with E-state index >= 15 is 0 Å². The largest absolute Gasteiger partial charge is 0.368 e. The second-order valence-corrected chi connectivity index (χ2v) is 8.90. The SMILES string of the molecule is O=S(=O)(c1cccnc1NCCN1CCCCCC1)N1CCCCC1. The Kier molecular flexibility index (Phi) is 6.67. The molecule has 0 amide bonds. The van der Waals surface area contributed by atoms with Crippen LogP contribution in [0.2, 0.25) is 0 Å². The van der Waals surface area contributed by atoms with Crippen LogP contribution in [0, 0.1) is 0 Å². The second-order valence-electron chi connectivity index (χ2n) is 7.00. The monoisotopic (exact) mass is 366 g/mol. The normalized spacial score (nSPS) is 21.0. The molecule has 2 saturated heterocycles. The van der Waals surface area contributed by atoms with Gasteiger partial charge in [0.15, 0.2) is 0 Å². The number of piperidine rings is 1. The van der Waals surface area contributed by atoms with Crippen molar-refractivity contribution in [2.75, 3.05) is 44.6 Å². The molecule has 0 bridgehead atoms. The lowest BCUT2D eigenvalue weighted by Gasteiger charge is -2.26. The fourth-order valence-electron chi connectivity index (χ4n) is 3.67. The average Bonchev–Trinajstić information content (AvgIpc) is 2.92. The first-order valence-corrected chi connectivity index (χ1v) is 11.0. The number of hydrogen-bond donors (Lipinski definition) is 1. The molecule has 2 fully saturated rings. The van der Waals surface area contributed by atoms with E-state index < -0.39 is 10.0 Å². The number of nitrogens with zero attached hydrogens (tertiary/aromatic N) is 3.